The first kappa shape index (κ1) is 16.7. The van der Waals surface area contributed by atoms with Crippen LogP contribution >= 0.6 is 0 Å². The van der Waals surface area contributed by atoms with Crippen LogP contribution in [0.3, 0.4) is 0 Å². The minimum Gasteiger partial charge on any atom is -0.497 e. The summed E-state index contributed by atoms with van der Waals surface area (Å²) in [5.41, 5.74) is 4.47. The van der Waals surface area contributed by atoms with E-state index in [0.717, 1.165) is 11.1 Å². The fourth-order valence-corrected chi connectivity index (χ4v) is 2.81. The molecule has 0 aliphatic heterocycles. The molecule has 1 N–H and O–H groups in total. The number of aryl methyl sites for hydroxylation is 2. The molecule has 1 heterocycles. The van der Waals surface area contributed by atoms with Gasteiger partial charge in [0.25, 0.3) is 0 Å². The molecule has 0 saturated heterocycles. The fourth-order valence-electron chi connectivity index (χ4n) is 2.81. The Morgan fingerprint density at radius 3 is 2.68 bits per heavy atom. The van der Waals surface area contributed by atoms with Crippen LogP contribution in [-0.4, -0.2) is 33.2 Å². The van der Waals surface area contributed by atoms with Gasteiger partial charge in [0.2, 0.25) is 0 Å². The summed E-state index contributed by atoms with van der Waals surface area (Å²) in [7, 11) is 1.57. The number of carbonyl (C=O) groups is 1. The minimum absolute atomic E-state index is 0.0713. The fraction of sp³-hybridized carbons (Fsp3) is 0.211. The molecule has 0 spiro atoms. The molecule has 0 fully saturated rings. The zero-order valence-corrected chi connectivity index (χ0v) is 14.4. The number of carboxylic acid groups (broad SMARTS) is 1. The Kier molecular flexibility index (Phi) is 4.52. The van der Waals surface area contributed by atoms with Crippen molar-refractivity contribution in [3.8, 4) is 17.0 Å². The molecule has 3 aromatic rings. The van der Waals surface area contributed by atoms with Crippen molar-refractivity contribution in [3.05, 3.63) is 64.8 Å². The summed E-state index contributed by atoms with van der Waals surface area (Å²) in [5, 5.41) is 17.4. The van der Waals surface area contributed by atoms with Crippen LogP contribution in [0, 0.1) is 13.8 Å². The number of aromatic carboxylic acids is 1. The van der Waals surface area contributed by atoms with E-state index in [1.54, 1.807) is 17.9 Å². The highest BCUT2D eigenvalue weighted by Gasteiger charge is 2.21. The summed E-state index contributed by atoms with van der Waals surface area (Å²) in [6, 6.07) is 13.4. The van der Waals surface area contributed by atoms with Crippen LogP contribution in [-0.2, 0) is 6.54 Å². The maximum Gasteiger partial charge on any atom is 0.358 e. The average Bonchev–Trinajstić information content (AvgIpc) is 3.01. The van der Waals surface area contributed by atoms with Gasteiger partial charge in [-0.05, 0) is 37.1 Å². The maximum absolute atomic E-state index is 11.6. The molecule has 0 aliphatic carbocycles. The third kappa shape index (κ3) is 3.38. The Balaban J connectivity index is 2.09. The van der Waals surface area contributed by atoms with E-state index in [4.69, 9.17) is 4.74 Å². The van der Waals surface area contributed by atoms with Crippen molar-refractivity contribution < 1.29 is 14.6 Å². The smallest absolute Gasteiger partial charge is 0.358 e. The van der Waals surface area contributed by atoms with Gasteiger partial charge in [-0.15, -0.1) is 5.10 Å². The number of ether oxygens (including phenoxy) is 1. The number of aromatic nitrogens is 3. The predicted octanol–water partition coefficient (Wildman–Crippen LogP) is 3.32. The molecular formula is C19H19N3O3. The Morgan fingerprint density at radius 2 is 2.00 bits per heavy atom. The van der Waals surface area contributed by atoms with Gasteiger partial charge < -0.3 is 9.84 Å². The van der Waals surface area contributed by atoms with Crippen molar-refractivity contribution in [1.82, 2.24) is 15.0 Å². The molecule has 3 rings (SSSR count). The lowest BCUT2D eigenvalue weighted by Gasteiger charge is -2.11. The molecule has 6 nitrogen and oxygen atoms in total. The highest BCUT2D eigenvalue weighted by atomic mass is 16.5. The molecule has 2 aromatic carbocycles. The Morgan fingerprint density at radius 1 is 1.20 bits per heavy atom. The molecule has 0 saturated carbocycles. The van der Waals surface area contributed by atoms with Crippen molar-refractivity contribution in [2.45, 2.75) is 20.4 Å². The number of nitrogens with zero attached hydrogens (tertiary/aromatic N) is 3. The second-order valence-electron chi connectivity index (χ2n) is 5.91. The molecule has 25 heavy (non-hydrogen) atoms. The van der Waals surface area contributed by atoms with Gasteiger partial charge in [-0.2, -0.15) is 0 Å². The largest absolute Gasteiger partial charge is 0.497 e. The quantitative estimate of drug-likeness (QED) is 0.773. The van der Waals surface area contributed by atoms with Crippen molar-refractivity contribution in [2.24, 2.45) is 0 Å². The van der Waals surface area contributed by atoms with E-state index in [1.807, 2.05) is 44.2 Å². The van der Waals surface area contributed by atoms with Crippen LogP contribution in [0.4, 0.5) is 0 Å². The van der Waals surface area contributed by atoms with Gasteiger partial charge in [0, 0.05) is 5.56 Å². The van der Waals surface area contributed by atoms with Crippen molar-refractivity contribution in [3.63, 3.8) is 0 Å². The molecule has 128 valence electrons. The molecule has 0 atom stereocenters. The van der Waals surface area contributed by atoms with Gasteiger partial charge in [-0.3, -0.25) is 0 Å². The van der Waals surface area contributed by atoms with Gasteiger partial charge in [0.1, 0.15) is 11.4 Å². The van der Waals surface area contributed by atoms with Crippen molar-refractivity contribution in [2.75, 3.05) is 7.11 Å². The molecule has 0 aliphatic rings. The Bertz CT molecular complexity index is 931. The predicted molar refractivity (Wildman–Crippen MR) is 94.0 cm³/mol. The van der Waals surface area contributed by atoms with Gasteiger partial charge >= 0.3 is 5.97 Å². The Labute approximate surface area is 145 Å². The van der Waals surface area contributed by atoms with Crippen LogP contribution in [0.15, 0.2) is 42.5 Å². The van der Waals surface area contributed by atoms with Crippen molar-refractivity contribution in [1.29, 1.82) is 0 Å². The van der Waals surface area contributed by atoms with Gasteiger partial charge in [0.15, 0.2) is 5.69 Å². The number of methoxy groups -OCH3 is 1. The van der Waals surface area contributed by atoms with Crippen molar-refractivity contribution >= 4 is 5.97 Å². The average molecular weight is 337 g/mol. The van der Waals surface area contributed by atoms with E-state index in [9.17, 15) is 9.90 Å². The second kappa shape index (κ2) is 6.76. The van der Waals surface area contributed by atoms with E-state index in [0.29, 0.717) is 23.6 Å². The lowest BCUT2D eigenvalue weighted by atomic mass is 10.1. The summed E-state index contributed by atoms with van der Waals surface area (Å²) in [6.07, 6.45) is 0. The number of hydrogen-bond donors (Lipinski definition) is 1. The van der Waals surface area contributed by atoms with Crippen LogP contribution in [0.25, 0.3) is 11.3 Å². The topological polar surface area (TPSA) is 77.2 Å². The molecule has 0 bridgehead atoms. The Hall–Kier alpha value is -3.15. The highest BCUT2D eigenvalue weighted by molar-refractivity contribution is 5.92. The first-order chi connectivity index (χ1) is 12.0. The lowest BCUT2D eigenvalue weighted by molar-refractivity contribution is 0.0691. The first-order valence-electron chi connectivity index (χ1n) is 7.87. The minimum atomic E-state index is -1.11. The van der Waals surface area contributed by atoms with Gasteiger partial charge in [-0.25, -0.2) is 9.48 Å². The van der Waals surface area contributed by atoms with Crippen LogP contribution in [0.2, 0.25) is 0 Å². The molecule has 1 aromatic heterocycles. The SMILES string of the molecule is COc1cccc(-c2c(C(=O)O)nnn2Cc2ccc(C)cc2C)c1. The summed E-state index contributed by atoms with van der Waals surface area (Å²) >= 11 is 0. The van der Waals surface area contributed by atoms with E-state index in [-0.39, 0.29) is 5.69 Å². The van der Waals surface area contributed by atoms with E-state index in [2.05, 4.69) is 16.4 Å². The normalized spacial score (nSPS) is 10.7. The molecule has 0 radical (unpaired) electrons. The van der Waals surface area contributed by atoms with Crippen LogP contribution < -0.4 is 4.74 Å². The lowest BCUT2D eigenvalue weighted by Crippen LogP contribution is -2.07. The molecule has 6 heteroatoms. The summed E-state index contributed by atoms with van der Waals surface area (Å²) in [5.74, 6) is -0.460. The highest BCUT2D eigenvalue weighted by Crippen LogP contribution is 2.27. The number of rotatable bonds is 5. The molecular weight excluding hydrogens is 318 g/mol. The monoisotopic (exact) mass is 337 g/mol. The van der Waals surface area contributed by atoms with Gasteiger partial charge in [-0.1, -0.05) is 41.1 Å². The molecule has 0 amide bonds. The standard InChI is InChI=1S/C19H19N3O3/c1-12-7-8-15(13(2)9-12)11-22-18(17(19(23)24)20-21-22)14-5-4-6-16(10-14)25-3/h4-10H,11H2,1-3H3,(H,23,24). The number of benzene rings is 2. The summed E-state index contributed by atoms with van der Waals surface area (Å²) < 4.78 is 6.87. The van der Waals surface area contributed by atoms with Gasteiger partial charge in [0.05, 0.1) is 13.7 Å². The third-order valence-corrected chi connectivity index (χ3v) is 4.10. The first-order valence-corrected chi connectivity index (χ1v) is 7.87. The third-order valence-electron chi connectivity index (χ3n) is 4.10. The van der Waals surface area contributed by atoms with E-state index in [1.165, 1.54) is 5.56 Å². The van der Waals surface area contributed by atoms with Crippen LogP contribution in [0.1, 0.15) is 27.2 Å². The maximum atomic E-state index is 11.6. The van der Waals surface area contributed by atoms with Crippen LogP contribution in [0.5, 0.6) is 5.75 Å². The van der Waals surface area contributed by atoms with E-state index >= 15 is 0 Å². The molecule has 0 unspecified atom stereocenters. The zero-order valence-electron chi connectivity index (χ0n) is 14.4. The summed E-state index contributed by atoms with van der Waals surface area (Å²) in [6.45, 7) is 4.51. The second-order valence-corrected chi connectivity index (χ2v) is 5.91. The number of hydrogen-bond acceptors (Lipinski definition) is 4. The zero-order chi connectivity index (χ0) is 18.0. The number of carboxylic acids is 1. The van der Waals surface area contributed by atoms with E-state index < -0.39 is 5.97 Å². The summed E-state index contributed by atoms with van der Waals surface area (Å²) in [4.78, 5) is 11.6.